The van der Waals surface area contributed by atoms with Crippen LogP contribution in [0.1, 0.15) is 35.3 Å². The highest BCUT2D eigenvalue weighted by molar-refractivity contribution is 7.13. The van der Waals surface area contributed by atoms with Gasteiger partial charge in [0.1, 0.15) is 10.7 Å². The molecule has 0 radical (unpaired) electrons. The Hall–Kier alpha value is -1.97. The standard InChI is InChI=1S/C18H19F3N4OS/c19-18(20,21)12-5-1-3-10(7-12)17-24-14(9-27-17)16(26)23-13-6-2-4-11-8-22-25-15(11)13/h1,3,5,7,9,11,13,15,22,25H,2,4,6,8H2,(H,23,26). The Labute approximate surface area is 158 Å². The molecule has 0 spiro atoms. The van der Waals surface area contributed by atoms with E-state index in [0.29, 0.717) is 16.5 Å². The fourth-order valence-electron chi connectivity index (χ4n) is 3.79. The van der Waals surface area contributed by atoms with Crippen molar-refractivity contribution in [1.29, 1.82) is 0 Å². The van der Waals surface area contributed by atoms with Gasteiger partial charge in [-0.25, -0.2) is 4.98 Å². The Kier molecular flexibility index (Phi) is 4.92. The molecule has 2 fully saturated rings. The monoisotopic (exact) mass is 396 g/mol. The molecule has 1 saturated carbocycles. The van der Waals surface area contributed by atoms with Gasteiger partial charge in [0.25, 0.3) is 5.91 Å². The lowest BCUT2D eigenvalue weighted by atomic mass is 9.82. The lowest BCUT2D eigenvalue weighted by molar-refractivity contribution is -0.137. The number of hydrogen-bond donors (Lipinski definition) is 3. The molecule has 1 aliphatic carbocycles. The molecular formula is C18H19F3N4OS. The Morgan fingerprint density at radius 1 is 1.30 bits per heavy atom. The number of nitrogens with zero attached hydrogens (tertiary/aromatic N) is 1. The molecule has 9 heteroatoms. The average Bonchev–Trinajstić information content (AvgIpc) is 3.31. The second-order valence-corrected chi connectivity index (χ2v) is 7.80. The highest BCUT2D eigenvalue weighted by Crippen LogP contribution is 2.33. The maximum Gasteiger partial charge on any atom is 0.416 e. The molecule has 3 atom stereocenters. The van der Waals surface area contributed by atoms with Gasteiger partial charge in [0.2, 0.25) is 0 Å². The van der Waals surface area contributed by atoms with E-state index in [-0.39, 0.29) is 23.7 Å². The van der Waals surface area contributed by atoms with E-state index in [0.717, 1.165) is 49.3 Å². The third-order valence-corrected chi connectivity index (χ3v) is 6.05. The van der Waals surface area contributed by atoms with Crippen LogP contribution in [0.15, 0.2) is 29.6 Å². The number of alkyl halides is 3. The third kappa shape index (κ3) is 3.85. The summed E-state index contributed by atoms with van der Waals surface area (Å²) in [4.78, 5) is 16.8. The van der Waals surface area contributed by atoms with Crippen LogP contribution in [0.2, 0.25) is 0 Å². The van der Waals surface area contributed by atoms with Crippen molar-refractivity contribution < 1.29 is 18.0 Å². The van der Waals surface area contributed by atoms with Crippen molar-refractivity contribution in [2.24, 2.45) is 5.92 Å². The van der Waals surface area contributed by atoms with Crippen LogP contribution in [0.4, 0.5) is 13.2 Å². The Morgan fingerprint density at radius 2 is 2.15 bits per heavy atom. The second kappa shape index (κ2) is 7.21. The summed E-state index contributed by atoms with van der Waals surface area (Å²) in [5, 5.41) is 5.02. The van der Waals surface area contributed by atoms with Gasteiger partial charge >= 0.3 is 6.18 Å². The maximum absolute atomic E-state index is 12.9. The van der Waals surface area contributed by atoms with Gasteiger partial charge in [-0.1, -0.05) is 18.6 Å². The predicted octanol–water partition coefficient (Wildman–Crippen LogP) is 3.20. The number of carbonyl (C=O) groups is 1. The predicted molar refractivity (Wildman–Crippen MR) is 96.1 cm³/mol. The number of nitrogens with one attached hydrogen (secondary N) is 3. The SMILES string of the molecule is O=C(NC1CCCC2CNNC21)c1csc(-c2cccc(C(F)(F)F)c2)n1. The van der Waals surface area contributed by atoms with Crippen LogP contribution in [0.25, 0.3) is 10.6 Å². The summed E-state index contributed by atoms with van der Waals surface area (Å²) in [6.45, 7) is 0.896. The third-order valence-electron chi connectivity index (χ3n) is 5.15. The van der Waals surface area contributed by atoms with Gasteiger partial charge in [-0.15, -0.1) is 11.3 Å². The molecular weight excluding hydrogens is 377 g/mol. The van der Waals surface area contributed by atoms with Crippen molar-refractivity contribution in [3.8, 4) is 10.6 Å². The van der Waals surface area contributed by atoms with E-state index in [9.17, 15) is 18.0 Å². The van der Waals surface area contributed by atoms with Crippen LogP contribution in [-0.2, 0) is 6.18 Å². The molecule has 2 heterocycles. The molecule has 3 unspecified atom stereocenters. The van der Waals surface area contributed by atoms with Crippen LogP contribution in [0.3, 0.4) is 0 Å². The number of hydrazine groups is 1. The van der Waals surface area contributed by atoms with Gasteiger partial charge in [0.05, 0.1) is 5.56 Å². The number of halogens is 3. The summed E-state index contributed by atoms with van der Waals surface area (Å²) in [7, 11) is 0. The van der Waals surface area contributed by atoms with E-state index in [1.165, 1.54) is 6.07 Å². The minimum absolute atomic E-state index is 0.0185. The normalized spacial score (nSPS) is 25.2. The summed E-state index contributed by atoms with van der Waals surface area (Å²) in [6, 6.07) is 5.21. The number of amides is 1. The lowest BCUT2D eigenvalue weighted by Gasteiger charge is -2.33. The van der Waals surface area contributed by atoms with Crippen LogP contribution in [0, 0.1) is 5.92 Å². The molecule has 2 aromatic rings. The van der Waals surface area contributed by atoms with Crippen molar-refractivity contribution in [3.63, 3.8) is 0 Å². The van der Waals surface area contributed by atoms with Crippen LogP contribution in [-0.4, -0.2) is 29.5 Å². The van der Waals surface area contributed by atoms with Crippen molar-refractivity contribution in [1.82, 2.24) is 21.2 Å². The quantitative estimate of drug-likeness (QED) is 0.746. The molecule has 0 bridgehead atoms. The van der Waals surface area contributed by atoms with Crippen molar-refractivity contribution in [3.05, 3.63) is 40.9 Å². The number of thiazole rings is 1. The number of fused-ring (bicyclic) bond motifs is 1. The average molecular weight is 396 g/mol. The zero-order chi connectivity index (χ0) is 19.0. The first-order chi connectivity index (χ1) is 12.9. The van der Waals surface area contributed by atoms with Crippen molar-refractivity contribution >= 4 is 17.2 Å². The fraction of sp³-hybridized carbons (Fsp3) is 0.444. The lowest BCUT2D eigenvalue weighted by Crippen LogP contribution is -2.53. The van der Waals surface area contributed by atoms with Crippen LogP contribution < -0.4 is 16.2 Å². The van der Waals surface area contributed by atoms with Gasteiger partial charge in [0, 0.05) is 29.6 Å². The second-order valence-electron chi connectivity index (χ2n) is 6.94. The summed E-state index contributed by atoms with van der Waals surface area (Å²) >= 11 is 1.16. The molecule has 1 aromatic heterocycles. The molecule has 4 rings (SSSR count). The van der Waals surface area contributed by atoms with Crippen molar-refractivity contribution in [2.45, 2.75) is 37.5 Å². The molecule has 2 aliphatic rings. The van der Waals surface area contributed by atoms with Gasteiger partial charge in [-0.3, -0.25) is 15.6 Å². The molecule has 1 saturated heterocycles. The zero-order valence-corrected chi connectivity index (χ0v) is 15.2. The first-order valence-corrected chi connectivity index (χ1v) is 9.72. The number of carbonyl (C=O) groups excluding carboxylic acids is 1. The summed E-state index contributed by atoms with van der Waals surface area (Å²) in [5.41, 5.74) is 6.24. The summed E-state index contributed by atoms with van der Waals surface area (Å²) in [6.07, 6.45) is -1.32. The molecule has 1 aliphatic heterocycles. The minimum atomic E-state index is -4.41. The maximum atomic E-state index is 12.9. The van der Waals surface area contributed by atoms with Gasteiger partial charge < -0.3 is 5.32 Å². The smallest absolute Gasteiger partial charge is 0.346 e. The first kappa shape index (κ1) is 18.4. The number of benzene rings is 1. The van der Waals surface area contributed by atoms with Gasteiger partial charge in [-0.05, 0) is 30.9 Å². The molecule has 1 amide bonds. The molecule has 27 heavy (non-hydrogen) atoms. The minimum Gasteiger partial charge on any atom is -0.346 e. The summed E-state index contributed by atoms with van der Waals surface area (Å²) in [5.74, 6) is 0.212. The molecule has 1 aromatic carbocycles. The summed E-state index contributed by atoms with van der Waals surface area (Å²) < 4.78 is 38.7. The highest BCUT2D eigenvalue weighted by Gasteiger charge is 2.37. The fourth-order valence-corrected chi connectivity index (χ4v) is 4.58. The highest BCUT2D eigenvalue weighted by atomic mass is 32.1. The first-order valence-electron chi connectivity index (χ1n) is 8.84. The topological polar surface area (TPSA) is 66.1 Å². The molecule has 3 N–H and O–H groups in total. The largest absolute Gasteiger partial charge is 0.416 e. The van der Waals surface area contributed by atoms with E-state index in [1.807, 2.05) is 0 Å². The number of hydrogen-bond acceptors (Lipinski definition) is 5. The van der Waals surface area contributed by atoms with E-state index < -0.39 is 11.7 Å². The van der Waals surface area contributed by atoms with Crippen LogP contribution in [0.5, 0.6) is 0 Å². The number of rotatable bonds is 3. The Balaban J connectivity index is 1.48. The Morgan fingerprint density at radius 3 is 2.96 bits per heavy atom. The van der Waals surface area contributed by atoms with E-state index in [2.05, 4.69) is 21.2 Å². The number of aromatic nitrogens is 1. The van der Waals surface area contributed by atoms with E-state index >= 15 is 0 Å². The Bertz CT molecular complexity index is 838. The van der Waals surface area contributed by atoms with Gasteiger partial charge in [0.15, 0.2) is 0 Å². The zero-order valence-electron chi connectivity index (χ0n) is 14.3. The van der Waals surface area contributed by atoms with Gasteiger partial charge in [-0.2, -0.15) is 13.2 Å². The van der Waals surface area contributed by atoms with E-state index in [1.54, 1.807) is 11.4 Å². The molecule has 144 valence electrons. The van der Waals surface area contributed by atoms with Crippen LogP contribution >= 0.6 is 11.3 Å². The van der Waals surface area contributed by atoms with Crippen molar-refractivity contribution in [2.75, 3.05) is 6.54 Å². The molecule has 5 nitrogen and oxygen atoms in total. The van der Waals surface area contributed by atoms with E-state index in [4.69, 9.17) is 0 Å².